The fourth-order valence-electron chi connectivity index (χ4n) is 3.21. The molecule has 0 atom stereocenters. The first kappa shape index (κ1) is 18.5. The van der Waals surface area contributed by atoms with Crippen LogP contribution >= 0.6 is 11.6 Å². The summed E-state index contributed by atoms with van der Waals surface area (Å²) in [6.07, 6.45) is 1.01. The van der Waals surface area contributed by atoms with Crippen molar-refractivity contribution in [2.75, 3.05) is 37.6 Å². The molecule has 1 aromatic rings. The van der Waals surface area contributed by atoms with E-state index in [9.17, 15) is 14.4 Å². The Morgan fingerprint density at radius 1 is 1.27 bits per heavy atom. The van der Waals surface area contributed by atoms with Crippen LogP contribution in [0, 0.1) is 0 Å². The van der Waals surface area contributed by atoms with Crippen LogP contribution in [0.2, 0.25) is 5.02 Å². The fourth-order valence-corrected chi connectivity index (χ4v) is 3.37. The maximum atomic E-state index is 12.8. The van der Waals surface area contributed by atoms with Gasteiger partial charge in [0.25, 0.3) is 5.91 Å². The van der Waals surface area contributed by atoms with Gasteiger partial charge in [0, 0.05) is 44.2 Å². The quantitative estimate of drug-likeness (QED) is 0.744. The molecule has 7 nitrogen and oxygen atoms in total. The standard InChI is InChI=1S/C18H22ClN3O4/c1-18(2)17(25)22(14-11-13(19)3-4-15(14)26-18)6-5-16(24)21-9-7-20(12-23)8-10-21/h3-4,11-12H,5-10H2,1-2H3. The van der Waals surface area contributed by atoms with Crippen molar-refractivity contribution in [1.82, 2.24) is 9.80 Å². The van der Waals surface area contributed by atoms with E-state index in [1.165, 1.54) is 0 Å². The number of benzene rings is 1. The zero-order valence-corrected chi connectivity index (χ0v) is 15.7. The Labute approximate surface area is 157 Å². The molecule has 0 N–H and O–H groups in total. The van der Waals surface area contributed by atoms with Crippen molar-refractivity contribution in [3.63, 3.8) is 0 Å². The first-order valence-corrected chi connectivity index (χ1v) is 8.97. The Morgan fingerprint density at radius 2 is 1.96 bits per heavy atom. The molecule has 2 aliphatic rings. The highest BCUT2D eigenvalue weighted by molar-refractivity contribution is 6.31. The number of carbonyl (C=O) groups excluding carboxylic acids is 3. The minimum Gasteiger partial charge on any atom is -0.476 e. The second-order valence-electron chi connectivity index (χ2n) is 6.95. The number of fused-ring (bicyclic) bond motifs is 1. The van der Waals surface area contributed by atoms with Crippen LogP contribution in [0.3, 0.4) is 0 Å². The molecule has 1 aromatic carbocycles. The lowest BCUT2D eigenvalue weighted by atomic mass is 10.0. The molecule has 1 saturated heterocycles. The number of rotatable bonds is 4. The van der Waals surface area contributed by atoms with Crippen molar-refractivity contribution in [1.29, 1.82) is 0 Å². The molecule has 2 heterocycles. The van der Waals surface area contributed by atoms with E-state index >= 15 is 0 Å². The SMILES string of the molecule is CC1(C)Oc2ccc(Cl)cc2N(CCC(=O)N2CCN(C=O)CC2)C1=O. The summed E-state index contributed by atoms with van der Waals surface area (Å²) in [5.74, 6) is 0.341. The minimum absolute atomic E-state index is 0.0313. The molecule has 3 amide bonds. The van der Waals surface area contributed by atoms with Crippen LogP contribution in [0.15, 0.2) is 18.2 Å². The van der Waals surface area contributed by atoms with Crippen LogP contribution in [0.5, 0.6) is 5.75 Å². The Bertz CT molecular complexity index is 729. The Morgan fingerprint density at radius 3 is 2.62 bits per heavy atom. The van der Waals surface area contributed by atoms with E-state index < -0.39 is 5.60 Å². The lowest BCUT2D eigenvalue weighted by Gasteiger charge is -2.39. The highest BCUT2D eigenvalue weighted by Crippen LogP contribution is 2.39. The number of piperazine rings is 1. The summed E-state index contributed by atoms with van der Waals surface area (Å²) in [6, 6.07) is 5.12. The van der Waals surface area contributed by atoms with Crippen LogP contribution in [0.25, 0.3) is 0 Å². The van der Waals surface area contributed by atoms with Crippen molar-refractivity contribution in [2.45, 2.75) is 25.9 Å². The van der Waals surface area contributed by atoms with E-state index in [0.717, 1.165) is 6.41 Å². The zero-order chi connectivity index (χ0) is 18.9. The van der Waals surface area contributed by atoms with Gasteiger partial charge in [0.2, 0.25) is 12.3 Å². The number of hydrogen-bond donors (Lipinski definition) is 0. The lowest BCUT2D eigenvalue weighted by Crippen LogP contribution is -2.53. The van der Waals surface area contributed by atoms with Gasteiger partial charge in [0.15, 0.2) is 5.60 Å². The van der Waals surface area contributed by atoms with Crippen molar-refractivity contribution < 1.29 is 19.1 Å². The van der Waals surface area contributed by atoms with Crippen molar-refractivity contribution in [3.8, 4) is 5.75 Å². The molecule has 26 heavy (non-hydrogen) atoms. The summed E-state index contributed by atoms with van der Waals surface area (Å²) < 4.78 is 5.78. The minimum atomic E-state index is -1.00. The van der Waals surface area contributed by atoms with Gasteiger partial charge in [-0.25, -0.2) is 0 Å². The van der Waals surface area contributed by atoms with Gasteiger partial charge in [-0.05, 0) is 32.0 Å². The van der Waals surface area contributed by atoms with E-state index in [2.05, 4.69) is 0 Å². The third kappa shape index (κ3) is 3.62. The highest BCUT2D eigenvalue weighted by atomic mass is 35.5. The molecule has 0 saturated carbocycles. The molecule has 0 unspecified atom stereocenters. The normalized spacial score (nSPS) is 19.0. The first-order chi connectivity index (χ1) is 12.3. The van der Waals surface area contributed by atoms with Gasteiger partial charge in [-0.3, -0.25) is 14.4 Å². The second kappa shape index (κ2) is 7.15. The number of ether oxygens (including phenoxy) is 1. The van der Waals surface area contributed by atoms with E-state index in [4.69, 9.17) is 16.3 Å². The smallest absolute Gasteiger partial charge is 0.270 e. The van der Waals surface area contributed by atoms with E-state index in [1.807, 2.05) is 0 Å². The Kier molecular flexibility index (Phi) is 5.09. The summed E-state index contributed by atoms with van der Waals surface area (Å²) >= 11 is 6.07. The molecule has 0 aliphatic carbocycles. The zero-order valence-electron chi connectivity index (χ0n) is 14.9. The molecular weight excluding hydrogens is 358 g/mol. The maximum absolute atomic E-state index is 12.8. The van der Waals surface area contributed by atoms with Gasteiger partial charge in [-0.2, -0.15) is 0 Å². The summed E-state index contributed by atoms with van der Waals surface area (Å²) in [5, 5.41) is 0.501. The fraction of sp³-hybridized carbons (Fsp3) is 0.500. The summed E-state index contributed by atoms with van der Waals surface area (Å²) in [4.78, 5) is 41.0. The molecule has 0 aromatic heterocycles. The van der Waals surface area contributed by atoms with Gasteiger partial charge >= 0.3 is 0 Å². The third-order valence-corrected chi connectivity index (χ3v) is 4.94. The van der Waals surface area contributed by atoms with Crippen LogP contribution in [-0.2, 0) is 14.4 Å². The number of halogens is 1. The molecule has 1 fully saturated rings. The van der Waals surface area contributed by atoms with Gasteiger partial charge < -0.3 is 19.4 Å². The molecule has 0 bridgehead atoms. The largest absolute Gasteiger partial charge is 0.476 e. The van der Waals surface area contributed by atoms with E-state index in [-0.39, 0.29) is 24.8 Å². The molecule has 0 spiro atoms. The predicted octanol–water partition coefficient (Wildman–Crippen LogP) is 1.53. The molecule has 2 aliphatic heterocycles. The number of anilines is 1. The average molecular weight is 380 g/mol. The Hall–Kier alpha value is -2.28. The van der Waals surface area contributed by atoms with Gasteiger partial charge in [0.05, 0.1) is 5.69 Å². The molecule has 8 heteroatoms. The van der Waals surface area contributed by atoms with Crippen LogP contribution < -0.4 is 9.64 Å². The van der Waals surface area contributed by atoms with Gasteiger partial charge in [-0.15, -0.1) is 0 Å². The lowest BCUT2D eigenvalue weighted by molar-refractivity contribution is -0.135. The van der Waals surface area contributed by atoms with Crippen LogP contribution in [0.4, 0.5) is 5.69 Å². The highest BCUT2D eigenvalue weighted by Gasteiger charge is 2.41. The number of hydrogen-bond acceptors (Lipinski definition) is 4. The van der Waals surface area contributed by atoms with Crippen molar-refractivity contribution in [3.05, 3.63) is 23.2 Å². The van der Waals surface area contributed by atoms with Gasteiger partial charge in [0.1, 0.15) is 5.75 Å². The second-order valence-corrected chi connectivity index (χ2v) is 7.39. The summed E-state index contributed by atoms with van der Waals surface area (Å²) in [5.41, 5.74) is -0.417. The number of nitrogens with zero attached hydrogens (tertiary/aromatic N) is 3. The maximum Gasteiger partial charge on any atom is 0.270 e. The van der Waals surface area contributed by atoms with Gasteiger partial charge in [-0.1, -0.05) is 11.6 Å². The van der Waals surface area contributed by atoms with E-state index in [0.29, 0.717) is 42.6 Å². The molecular formula is C18H22ClN3O4. The molecule has 140 valence electrons. The van der Waals surface area contributed by atoms with Crippen LogP contribution in [0.1, 0.15) is 20.3 Å². The van der Waals surface area contributed by atoms with Crippen LogP contribution in [-0.4, -0.2) is 66.3 Å². The topological polar surface area (TPSA) is 70.2 Å². The monoisotopic (exact) mass is 379 g/mol. The summed E-state index contributed by atoms with van der Waals surface area (Å²) in [6.45, 7) is 5.78. The Balaban J connectivity index is 1.70. The third-order valence-electron chi connectivity index (χ3n) is 4.70. The number of amides is 3. The van der Waals surface area contributed by atoms with Crippen molar-refractivity contribution in [2.24, 2.45) is 0 Å². The molecule has 3 rings (SSSR count). The summed E-state index contributed by atoms with van der Waals surface area (Å²) in [7, 11) is 0. The predicted molar refractivity (Wildman–Crippen MR) is 97.3 cm³/mol. The first-order valence-electron chi connectivity index (χ1n) is 8.59. The van der Waals surface area contributed by atoms with Crippen molar-refractivity contribution >= 4 is 35.5 Å². The number of carbonyl (C=O) groups is 3. The average Bonchev–Trinajstić information content (AvgIpc) is 2.62. The van der Waals surface area contributed by atoms with E-state index in [1.54, 1.807) is 46.7 Å². The molecule has 0 radical (unpaired) electrons.